The van der Waals surface area contributed by atoms with E-state index in [1.165, 1.54) is 30.3 Å². The van der Waals surface area contributed by atoms with Crippen LogP contribution in [0.25, 0.3) is 22.9 Å². The molecule has 0 saturated heterocycles. The van der Waals surface area contributed by atoms with Crippen LogP contribution in [-0.4, -0.2) is 10.1 Å². The number of rotatable bonds is 2. The highest BCUT2D eigenvalue weighted by Gasteiger charge is 2.08. The Morgan fingerprint density at radius 2 is 1.95 bits per heavy atom. The number of benzene rings is 2. The highest BCUT2D eigenvalue weighted by molar-refractivity contribution is 6.31. The van der Waals surface area contributed by atoms with Gasteiger partial charge in [-0.15, -0.1) is 0 Å². The maximum absolute atomic E-state index is 12.9. The number of fused-ring (bicyclic) bond motifs is 1. The van der Waals surface area contributed by atoms with Gasteiger partial charge in [0.2, 0.25) is 0 Å². The number of halogens is 2. The predicted molar refractivity (Wildman–Crippen MR) is 82.2 cm³/mol. The molecule has 1 heterocycles. The van der Waals surface area contributed by atoms with E-state index < -0.39 is 11.4 Å². The quantitative estimate of drug-likeness (QED) is 0.725. The summed E-state index contributed by atoms with van der Waals surface area (Å²) in [6.45, 7) is 0. The lowest BCUT2D eigenvalue weighted by atomic mass is 10.1. The molecule has 0 aliphatic carbocycles. The second-order valence-corrected chi connectivity index (χ2v) is 4.97. The van der Waals surface area contributed by atoms with Crippen molar-refractivity contribution < 1.29 is 13.9 Å². The first kappa shape index (κ1) is 14.3. The van der Waals surface area contributed by atoms with Crippen LogP contribution in [0.1, 0.15) is 11.3 Å². The molecule has 22 heavy (non-hydrogen) atoms. The van der Waals surface area contributed by atoms with Crippen LogP contribution in [-0.2, 0) is 0 Å². The molecule has 3 rings (SSSR count). The molecule has 6 heteroatoms. The van der Waals surface area contributed by atoms with E-state index in [0.29, 0.717) is 21.7 Å². The van der Waals surface area contributed by atoms with Gasteiger partial charge in [0, 0.05) is 16.7 Å². The fourth-order valence-corrected chi connectivity index (χ4v) is 2.08. The number of nitrogens with zero attached hydrogens (tertiary/aromatic N) is 1. The Morgan fingerprint density at radius 1 is 1.23 bits per heavy atom. The third-order valence-electron chi connectivity index (χ3n) is 2.99. The van der Waals surface area contributed by atoms with Gasteiger partial charge in [-0.25, -0.2) is 14.2 Å². The van der Waals surface area contributed by atoms with Crippen molar-refractivity contribution in [2.45, 2.75) is 0 Å². The summed E-state index contributed by atoms with van der Waals surface area (Å²) >= 11 is 5.87. The van der Waals surface area contributed by atoms with Gasteiger partial charge < -0.3 is 9.52 Å². The van der Waals surface area contributed by atoms with E-state index in [0.717, 1.165) is 0 Å². The smallest absolute Gasteiger partial charge is 0.362 e. The van der Waals surface area contributed by atoms with Gasteiger partial charge in [-0.05, 0) is 42.5 Å². The summed E-state index contributed by atoms with van der Waals surface area (Å²) in [7, 11) is 0. The summed E-state index contributed by atoms with van der Waals surface area (Å²) in [5, 5.41) is 10.5. The van der Waals surface area contributed by atoms with Crippen molar-refractivity contribution >= 4 is 34.5 Å². The van der Waals surface area contributed by atoms with E-state index in [-0.39, 0.29) is 11.5 Å². The zero-order valence-electron chi connectivity index (χ0n) is 11.1. The van der Waals surface area contributed by atoms with E-state index in [2.05, 4.69) is 4.98 Å². The molecule has 3 aromatic rings. The molecule has 0 bridgehead atoms. The lowest BCUT2D eigenvalue weighted by molar-refractivity contribution is 0.513. The van der Waals surface area contributed by atoms with Gasteiger partial charge in [0.05, 0.1) is 0 Å². The Hall–Kier alpha value is -2.66. The molecule has 0 unspecified atom stereocenters. The number of aromatic nitrogens is 1. The molecule has 0 radical (unpaired) electrons. The van der Waals surface area contributed by atoms with Crippen molar-refractivity contribution in [1.29, 1.82) is 0 Å². The summed E-state index contributed by atoms with van der Waals surface area (Å²) in [6, 6.07) is 9.86. The molecule has 2 aromatic carbocycles. The Bertz CT molecular complexity index is 932. The normalized spacial score (nSPS) is 11.8. The van der Waals surface area contributed by atoms with Crippen LogP contribution in [0.15, 0.2) is 51.7 Å². The van der Waals surface area contributed by atoms with Gasteiger partial charge in [-0.3, -0.25) is 0 Å². The number of hydrogen-bond donors (Lipinski definition) is 1. The largest absolute Gasteiger partial charge is 0.507 e. The maximum atomic E-state index is 12.9. The zero-order valence-corrected chi connectivity index (χ0v) is 11.8. The van der Waals surface area contributed by atoms with E-state index in [9.17, 15) is 14.3 Å². The van der Waals surface area contributed by atoms with Gasteiger partial charge in [0.25, 0.3) is 0 Å². The predicted octanol–water partition coefficient (Wildman–Crippen LogP) is 4.04. The topological polar surface area (TPSA) is 63.3 Å². The number of aliphatic hydroxyl groups excluding tert-OH is 1. The summed E-state index contributed by atoms with van der Waals surface area (Å²) < 4.78 is 18.0. The molecule has 1 aromatic heterocycles. The summed E-state index contributed by atoms with van der Waals surface area (Å²) in [5.41, 5.74) is 0.284. The van der Waals surface area contributed by atoms with Crippen LogP contribution in [0, 0.1) is 5.82 Å². The lowest BCUT2D eigenvalue weighted by Gasteiger charge is -2.01. The Balaban J connectivity index is 2.09. The van der Waals surface area contributed by atoms with Crippen molar-refractivity contribution in [3.05, 3.63) is 75.0 Å². The van der Waals surface area contributed by atoms with Crippen molar-refractivity contribution in [3.63, 3.8) is 0 Å². The maximum Gasteiger partial charge on any atom is 0.362 e. The first-order valence-electron chi connectivity index (χ1n) is 6.30. The average molecular weight is 318 g/mol. The molecule has 0 aliphatic rings. The third kappa shape index (κ3) is 2.84. The average Bonchev–Trinajstić information content (AvgIpc) is 2.49. The zero-order chi connectivity index (χ0) is 15.7. The van der Waals surface area contributed by atoms with Gasteiger partial charge in [-0.2, -0.15) is 0 Å². The van der Waals surface area contributed by atoms with Crippen LogP contribution in [0.5, 0.6) is 0 Å². The monoisotopic (exact) mass is 317 g/mol. The van der Waals surface area contributed by atoms with E-state index >= 15 is 0 Å². The highest BCUT2D eigenvalue weighted by Crippen LogP contribution is 2.18. The van der Waals surface area contributed by atoms with Crippen molar-refractivity contribution in [2.75, 3.05) is 0 Å². The minimum absolute atomic E-state index is 0.0726. The van der Waals surface area contributed by atoms with Gasteiger partial charge >= 0.3 is 5.63 Å². The molecule has 0 saturated carbocycles. The summed E-state index contributed by atoms with van der Waals surface area (Å²) in [5.74, 6) is -0.643. The van der Waals surface area contributed by atoms with Crippen molar-refractivity contribution in [1.82, 2.24) is 4.98 Å². The van der Waals surface area contributed by atoms with Crippen LogP contribution in [0.3, 0.4) is 0 Å². The molecule has 0 fully saturated rings. The molecule has 110 valence electrons. The SMILES string of the molecule is O=c1oc2ccc(Cl)cc2nc1C=C(O)c1ccc(F)cc1. The standard InChI is InChI=1S/C16H9ClFNO3/c17-10-3-6-15-12(7-10)19-13(16(21)22-15)8-14(20)9-1-4-11(18)5-2-9/h1-8,20H. The molecule has 4 nitrogen and oxygen atoms in total. The Labute approximate surface area is 129 Å². The minimum atomic E-state index is -0.691. The van der Waals surface area contributed by atoms with Crippen molar-refractivity contribution in [3.8, 4) is 0 Å². The van der Waals surface area contributed by atoms with Gasteiger partial charge in [0.15, 0.2) is 11.3 Å². The van der Waals surface area contributed by atoms with Crippen LogP contribution >= 0.6 is 11.6 Å². The van der Waals surface area contributed by atoms with Gasteiger partial charge in [-0.1, -0.05) is 11.6 Å². The second kappa shape index (κ2) is 5.61. The lowest BCUT2D eigenvalue weighted by Crippen LogP contribution is -2.06. The molecule has 0 atom stereocenters. The van der Waals surface area contributed by atoms with E-state index in [1.807, 2.05) is 0 Å². The first-order chi connectivity index (χ1) is 10.5. The molecule has 1 N–H and O–H groups in total. The van der Waals surface area contributed by atoms with E-state index in [4.69, 9.17) is 16.0 Å². The first-order valence-corrected chi connectivity index (χ1v) is 6.68. The fraction of sp³-hybridized carbons (Fsp3) is 0. The number of hydrogen-bond acceptors (Lipinski definition) is 4. The van der Waals surface area contributed by atoms with E-state index in [1.54, 1.807) is 18.2 Å². The van der Waals surface area contributed by atoms with Gasteiger partial charge in [0.1, 0.15) is 17.1 Å². The molecular formula is C16H9ClFNO3. The highest BCUT2D eigenvalue weighted by atomic mass is 35.5. The van der Waals surface area contributed by atoms with Crippen LogP contribution < -0.4 is 5.63 Å². The Kier molecular flexibility index (Phi) is 3.65. The molecule has 0 amide bonds. The Morgan fingerprint density at radius 3 is 2.68 bits per heavy atom. The fourth-order valence-electron chi connectivity index (χ4n) is 1.92. The summed E-state index contributed by atoms with van der Waals surface area (Å²) in [6.07, 6.45) is 1.17. The van der Waals surface area contributed by atoms with Crippen LogP contribution in [0.2, 0.25) is 5.02 Å². The third-order valence-corrected chi connectivity index (χ3v) is 3.22. The number of aliphatic hydroxyl groups is 1. The second-order valence-electron chi connectivity index (χ2n) is 4.54. The summed E-state index contributed by atoms with van der Waals surface area (Å²) in [4.78, 5) is 16.0. The van der Waals surface area contributed by atoms with Crippen molar-refractivity contribution in [2.24, 2.45) is 0 Å². The molecule has 0 spiro atoms. The molecule has 0 aliphatic heterocycles. The van der Waals surface area contributed by atoms with Crippen LogP contribution in [0.4, 0.5) is 4.39 Å². The molecular weight excluding hydrogens is 309 g/mol. The minimum Gasteiger partial charge on any atom is -0.507 e.